The van der Waals surface area contributed by atoms with Gasteiger partial charge in [-0.15, -0.1) is 0 Å². The number of anilines is 1. The molecule has 4 rings (SSSR count). The number of hydrogen-bond donors (Lipinski definition) is 1. The third-order valence-corrected chi connectivity index (χ3v) is 6.02. The van der Waals surface area contributed by atoms with Crippen molar-refractivity contribution in [1.29, 1.82) is 0 Å². The monoisotopic (exact) mass is 377 g/mol. The van der Waals surface area contributed by atoms with Crippen molar-refractivity contribution in [3.63, 3.8) is 0 Å². The molecular formula is C22H23N3O3. The Morgan fingerprint density at radius 1 is 1.21 bits per heavy atom. The number of benzene rings is 2. The summed E-state index contributed by atoms with van der Waals surface area (Å²) in [7, 11) is 0. The summed E-state index contributed by atoms with van der Waals surface area (Å²) < 4.78 is 0. The van der Waals surface area contributed by atoms with Crippen molar-refractivity contribution in [3.8, 4) is 0 Å². The first-order valence-electron chi connectivity index (χ1n) is 9.39. The van der Waals surface area contributed by atoms with Crippen molar-refractivity contribution in [2.45, 2.75) is 38.3 Å². The molecule has 1 N–H and O–H groups in total. The zero-order valence-electron chi connectivity index (χ0n) is 16.2. The van der Waals surface area contributed by atoms with E-state index in [0.717, 1.165) is 11.3 Å². The fourth-order valence-electron chi connectivity index (χ4n) is 4.47. The summed E-state index contributed by atoms with van der Waals surface area (Å²) in [5.74, 6) is -0.0129. The zero-order valence-corrected chi connectivity index (χ0v) is 16.2. The van der Waals surface area contributed by atoms with E-state index in [-0.39, 0.29) is 16.5 Å². The highest BCUT2D eigenvalue weighted by atomic mass is 16.6. The van der Waals surface area contributed by atoms with Crippen molar-refractivity contribution in [3.05, 3.63) is 75.3 Å². The predicted octanol–water partition coefficient (Wildman–Crippen LogP) is 3.93. The molecule has 2 aliphatic rings. The second-order valence-electron chi connectivity index (χ2n) is 8.01. The highest BCUT2D eigenvalue weighted by molar-refractivity contribution is 5.85. The van der Waals surface area contributed by atoms with E-state index < -0.39 is 11.1 Å². The van der Waals surface area contributed by atoms with Gasteiger partial charge >= 0.3 is 0 Å². The van der Waals surface area contributed by atoms with E-state index in [4.69, 9.17) is 0 Å². The largest absolute Gasteiger partial charge is 0.344 e. The van der Waals surface area contributed by atoms with Crippen LogP contribution in [0.4, 0.5) is 11.4 Å². The molecule has 0 spiro atoms. The normalized spacial score (nSPS) is 22.7. The van der Waals surface area contributed by atoms with Crippen LogP contribution in [0.25, 0.3) is 6.08 Å². The number of carbonyl (C=O) groups is 1. The minimum atomic E-state index is -0.776. The second-order valence-corrected chi connectivity index (χ2v) is 8.01. The Kier molecular flexibility index (Phi) is 4.03. The van der Waals surface area contributed by atoms with Gasteiger partial charge in [0.05, 0.1) is 10.5 Å². The number of aryl methyl sites for hydroxylation is 1. The van der Waals surface area contributed by atoms with Gasteiger partial charge in [-0.25, -0.2) is 0 Å². The molecule has 2 aromatic carbocycles. The molecule has 1 fully saturated rings. The topological polar surface area (TPSA) is 75.5 Å². The van der Waals surface area contributed by atoms with Gasteiger partial charge in [-0.05, 0) is 36.8 Å². The fourth-order valence-corrected chi connectivity index (χ4v) is 4.47. The Morgan fingerprint density at radius 3 is 2.71 bits per heavy atom. The first-order chi connectivity index (χ1) is 13.3. The standard InChI is InChI=1S/C22H23N3O3/c1-15-8-9-19-17(14-15)21(2,3)22(23-20(26)11-13-24(19)22)12-10-16-6-4-5-7-18(16)25(27)28/h4-10,12,14H,11,13H2,1-3H3,(H,23,26)/b12-10+/t22-/m1/s1. The lowest BCUT2D eigenvalue weighted by molar-refractivity contribution is -0.385. The number of fused-ring (bicyclic) bond motifs is 3. The molecule has 0 unspecified atom stereocenters. The molecule has 2 aromatic rings. The molecule has 6 heteroatoms. The van der Waals surface area contributed by atoms with Gasteiger partial charge in [0, 0.05) is 30.1 Å². The SMILES string of the molecule is Cc1ccc2c(c1)C(C)(C)[C@]1(/C=C/c3ccccc3[N+](=O)[O-])NC(=O)CCN21. The molecule has 6 nitrogen and oxygen atoms in total. The van der Waals surface area contributed by atoms with Gasteiger partial charge in [-0.1, -0.05) is 43.7 Å². The Labute approximate surface area is 164 Å². The van der Waals surface area contributed by atoms with Crippen LogP contribution < -0.4 is 10.2 Å². The van der Waals surface area contributed by atoms with E-state index in [9.17, 15) is 14.9 Å². The van der Waals surface area contributed by atoms with Crippen LogP contribution in [-0.4, -0.2) is 23.0 Å². The maximum atomic E-state index is 12.4. The van der Waals surface area contributed by atoms with Crippen LogP contribution in [0.1, 0.15) is 37.0 Å². The van der Waals surface area contributed by atoms with E-state index in [1.54, 1.807) is 24.3 Å². The minimum Gasteiger partial charge on any atom is -0.344 e. The van der Waals surface area contributed by atoms with E-state index in [1.165, 1.54) is 11.6 Å². The smallest absolute Gasteiger partial charge is 0.276 e. The maximum absolute atomic E-state index is 12.4. The molecule has 1 atom stereocenters. The van der Waals surface area contributed by atoms with Crippen molar-refractivity contribution >= 4 is 23.4 Å². The summed E-state index contributed by atoms with van der Waals surface area (Å²) in [4.78, 5) is 25.6. The van der Waals surface area contributed by atoms with Crippen LogP contribution in [0.3, 0.4) is 0 Å². The Morgan fingerprint density at radius 2 is 1.96 bits per heavy atom. The van der Waals surface area contributed by atoms with Crippen molar-refractivity contribution in [1.82, 2.24) is 5.32 Å². The van der Waals surface area contributed by atoms with Gasteiger partial charge in [0.25, 0.3) is 5.69 Å². The number of amides is 1. The zero-order chi connectivity index (χ0) is 20.1. The Balaban J connectivity index is 1.87. The van der Waals surface area contributed by atoms with Gasteiger partial charge in [0.1, 0.15) is 5.66 Å². The summed E-state index contributed by atoms with van der Waals surface area (Å²) >= 11 is 0. The molecule has 0 aromatic heterocycles. The molecule has 28 heavy (non-hydrogen) atoms. The van der Waals surface area contributed by atoms with Crippen LogP contribution in [0.15, 0.2) is 48.5 Å². The second kappa shape index (κ2) is 6.19. The van der Waals surface area contributed by atoms with Crippen molar-refractivity contribution in [2.75, 3.05) is 11.4 Å². The van der Waals surface area contributed by atoms with Crippen LogP contribution in [0, 0.1) is 17.0 Å². The van der Waals surface area contributed by atoms with Gasteiger partial charge in [0.15, 0.2) is 0 Å². The number of nitro benzene ring substituents is 1. The first-order valence-corrected chi connectivity index (χ1v) is 9.39. The molecule has 0 radical (unpaired) electrons. The van der Waals surface area contributed by atoms with E-state index in [0.29, 0.717) is 18.5 Å². The van der Waals surface area contributed by atoms with E-state index in [2.05, 4.69) is 49.2 Å². The third kappa shape index (κ3) is 2.52. The average Bonchev–Trinajstić information content (AvgIpc) is 2.84. The molecule has 1 amide bonds. The summed E-state index contributed by atoms with van der Waals surface area (Å²) in [6.07, 6.45) is 4.10. The maximum Gasteiger partial charge on any atom is 0.276 e. The van der Waals surface area contributed by atoms with Crippen LogP contribution in [0.2, 0.25) is 0 Å². The fraction of sp³-hybridized carbons (Fsp3) is 0.318. The summed E-state index contributed by atoms with van der Waals surface area (Å²) in [5, 5.41) is 14.6. The molecule has 0 saturated carbocycles. The van der Waals surface area contributed by atoms with E-state index >= 15 is 0 Å². The lowest BCUT2D eigenvalue weighted by Crippen LogP contribution is -2.68. The van der Waals surface area contributed by atoms with Crippen molar-refractivity contribution < 1.29 is 9.72 Å². The molecule has 0 aliphatic carbocycles. The van der Waals surface area contributed by atoms with Crippen LogP contribution in [0.5, 0.6) is 0 Å². The minimum absolute atomic E-state index is 0.0129. The molecule has 0 bridgehead atoms. The van der Waals surface area contributed by atoms with E-state index in [1.807, 2.05) is 6.08 Å². The Bertz CT molecular complexity index is 1010. The Hall–Kier alpha value is -3.15. The van der Waals surface area contributed by atoms with Crippen LogP contribution >= 0.6 is 0 Å². The van der Waals surface area contributed by atoms with Gasteiger partial charge in [-0.3, -0.25) is 14.9 Å². The third-order valence-electron chi connectivity index (χ3n) is 6.02. The summed E-state index contributed by atoms with van der Waals surface area (Å²) in [6, 6.07) is 13.0. The number of nitrogens with zero attached hydrogens (tertiary/aromatic N) is 2. The highest BCUT2D eigenvalue weighted by Gasteiger charge is 2.57. The summed E-state index contributed by atoms with van der Waals surface area (Å²) in [6.45, 7) is 6.88. The average molecular weight is 377 g/mol. The number of nitro groups is 1. The molecule has 2 heterocycles. The van der Waals surface area contributed by atoms with Crippen molar-refractivity contribution in [2.24, 2.45) is 0 Å². The number of para-hydroxylation sites is 1. The molecule has 144 valence electrons. The number of carbonyl (C=O) groups excluding carboxylic acids is 1. The lowest BCUT2D eigenvalue weighted by atomic mass is 9.74. The summed E-state index contributed by atoms with van der Waals surface area (Å²) in [5.41, 5.74) is 2.81. The van der Waals surface area contributed by atoms with Gasteiger partial charge in [-0.2, -0.15) is 0 Å². The number of nitrogens with one attached hydrogen (secondary N) is 1. The highest BCUT2D eigenvalue weighted by Crippen LogP contribution is 2.52. The first kappa shape index (κ1) is 18.2. The molecular weight excluding hydrogens is 354 g/mol. The predicted molar refractivity (Wildman–Crippen MR) is 109 cm³/mol. The van der Waals surface area contributed by atoms with Crippen LogP contribution in [-0.2, 0) is 10.2 Å². The van der Waals surface area contributed by atoms with Gasteiger partial charge < -0.3 is 10.2 Å². The molecule has 2 aliphatic heterocycles. The van der Waals surface area contributed by atoms with Gasteiger partial charge in [0.2, 0.25) is 5.91 Å². The molecule has 1 saturated heterocycles. The lowest BCUT2D eigenvalue weighted by Gasteiger charge is -2.49. The number of hydrogen-bond acceptors (Lipinski definition) is 4. The number of rotatable bonds is 3. The quantitative estimate of drug-likeness (QED) is 0.650.